The summed E-state index contributed by atoms with van der Waals surface area (Å²) in [4.78, 5) is 11.0. The molecule has 0 aliphatic heterocycles. The zero-order valence-corrected chi connectivity index (χ0v) is 10.1. The van der Waals surface area contributed by atoms with Crippen molar-refractivity contribution in [2.24, 2.45) is 5.92 Å². The van der Waals surface area contributed by atoms with Crippen molar-refractivity contribution in [2.45, 2.75) is 39.5 Å². The van der Waals surface area contributed by atoms with Gasteiger partial charge in [0.05, 0.1) is 5.56 Å². The lowest BCUT2D eigenvalue weighted by molar-refractivity contribution is 0.0695. The summed E-state index contributed by atoms with van der Waals surface area (Å²) in [6.45, 7) is 4.38. The molecule has 0 unspecified atom stereocenters. The zero-order valence-electron chi connectivity index (χ0n) is 10.1. The number of aryl methyl sites for hydroxylation is 1. The molecule has 1 N–H and O–H groups in total. The van der Waals surface area contributed by atoms with E-state index in [4.69, 9.17) is 5.11 Å². The minimum Gasteiger partial charge on any atom is -0.478 e. The van der Waals surface area contributed by atoms with Gasteiger partial charge in [-0.3, -0.25) is 0 Å². The summed E-state index contributed by atoms with van der Waals surface area (Å²) in [5.41, 5.74) is 1.41. The Balaban J connectivity index is 2.69. The first-order valence-corrected chi connectivity index (χ1v) is 6.00. The van der Waals surface area contributed by atoms with Gasteiger partial charge in [-0.15, -0.1) is 0 Å². The maximum Gasteiger partial charge on any atom is 0.335 e. The minimum absolute atomic E-state index is 0.452. The van der Waals surface area contributed by atoms with Crippen LogP contribution in [0.25, 0.3) is 0 Å². The number of rotatable bonds is 6. The molecule has 0 saturated carbocycles. The van der Waals surface area contributed by atoms with E-state index in [9.17, 15) is 4.79 Å². The quantitative estimate of drug-likeness (QED) is 0.792. The molecule has 0 heterocycles. The largest absolute Gasteiger partial charge is 0.478 e. The molecular formula is C14H20O2. The van der Waals surface area contributed by atoms with Crippen LogP contribution in [-0.4, -0.2) is 11.1 Å². The van der Waals surface area contributed by atoms with Crippen LogP contribution >= 0.6 is 0 Å². The number of hydrogen-bond donors (Lipinski definition) is 1. The average Bonchev–Trinajstić information content (AvgIpc) is 2.30. The number of carboxylic acid groups (broad SMARTS) is 1. The highest BCUT2D eigenvalue weighted by Gasteiger charge is 2.10. The van der Waals surface area contributed by atoms with Gasteiger partial charge >= 0.3 is 5.97 Å². The van der Waals surface area contributed by atoms with Crippen LogP contribution in [0.2, 0.25) is 0 Å². The van der Waals surface area contributed by atoms with E-state index in [1.807, 2.05) is 12.1 Å². The summed E-state index contributed by atoms with van der Waals surface area (Å²) in [5, 5.41) is 9.05. The van der Waals surface area contributed by atoms with Gasteiger partial charge in [0, 0.05) is 0 Å². The lowest BCUT2D eigenvalue weighted by atomic mass is 9.93. The fourth-order valence-electron chi connectivity index (χ4n) is 2.00. The number of carbonyl (C=O) groups is 1. The van der Waals surface area contributed by atoms with Gasteiger partial charge < -0.3 is 5.11 Å². The molecule has 0 radical (unpaired) electrons. The number of carboxylic acids is 1. The number of aromatic carboxylic acids is 1. The van der Waals surface area contributed by atoms with Crippen molar-refractivity contribution in [3.8, 4) is 0 Å². The first-order chi connectivity index (χ1) is 7.69. The Bertz CT molecular complexity index is 340. The van der Waals surface area contributed by atoms with Crippen molar-refractivity contribution in [1.29, 1.82) is 0 Å². The van der Waals surface area contributed by atoms with E-state index in [1.165, 1.54) is 12.8 Å². The van der Waals surface area contributed by atoms with Crippen molar-refractivity contribution in [2.75, 3.05) is 0 Å². The minimum atomic E-state index is -0.819. The van der Waals surface area contributed by atoms with E-state index in [0.717, 1.165) is 18.4 Å². The van der Waals surface area contributed by atoms with Gasteiger partial charge in [-0.05, 0) is 30.4 Å². The van der Waals surface area contributed by atoms with Crippen LogP contribution in [0.15, 0.2) is 24.3 Å². The first kappa shape index (κ1) is 12.8. The standard InChI is InChI=1S/C14H20O2/c1-3-11(4-2)9-10-12-7-5-6-8-13(12)14(15)16/h5-8,11H,3-4,9-10H2,1-2H3,(H,15,16). The third kappa shape index (κ3) is 3.37. The number of benzene rings is 1. The molecular weight excluding hydrogens is 200 g/mol. The van der Waals surface area contributed by atoms with E-state index >= 15 is 0 Å². The molecule has 0 fully saturated rings. The van der Waals surface area contributed by atoms with Gasteiger partial charge in [-0.1, -0.05) is 44.9 Å². The molecule has 0 aliphatic rings. The highest BCUT2D eigenvalue weighted by atomic mass is 16.4. The van der Waals surface area contributed by atoms with Gasteiger partial charge in [-0.25, -0.2) is 4.79 Å². The lowest BCUT2D eigenvalue weighted by Crippen LogP contribution is -2.05. The third-order valence-corrected chi connectivity index (χ3v) is 3.22. The molecule has 16 heavy (non-hydrogen) atoms. The van der Waals surface area contributed by atoms with Crippen molar-refractivity contribution in [3.05, 3.63) is 35.4 Å². The second-order valence-corrected chi connectivity index (χ2v) is 4.18. The zero-order chi connectivity index (χ0) is 12.0. The smallest absolute Gasteiger partial charge is 0.335 e. The van der Waals surface area contributed by atoms with Crippen molar-refractivity contribution < 1.29 is 9.90 Å². The maximum atomic E-state index is 11.0. The van der Waals surface area contributed by atoms with Crippen LogP contribution in [-0.2, 0) is 6.42 Å². The van der Waals surface area contributed by atoms with Crippen molar-refractivity contribution >= 4 is 5.97 Å². The average molecular weight is 220 g/mol. The SMILES string of the molecule is CCC(CC)CCc1ccccc1C(=O)O. The van der Waals surface area contributed by atoms with Crippen LogP contribution in [0.3, 0.4) is 0 Å². The fourth-order valence-corrected chi connectivity index (χ4v) is 2.00. The Kier molecular flexibility index (Phi) is 5.03. The van der Waals surface area contributed by atoms with Crippen LogP contribution in [0.5, 0.6) is 0 Å². The van der Waals surface area contributed by atoms with Crippen molar-refractivity contribution in [3.63, 3.8) is 0 Å². The molecule has 0 aromatic heterocycles. The molecule has 1 aromatic carbocycles. The topological polar surface area (TPSA) is 37.3 Å². The van der Waals surface area contributed by atoms with E-state index in [2.05, 4.69) is 13.8 Å². The number of hydrogen-bond acceptors (Lipinski definition) is 1. The molecule has 1 rings (SSSR count). The van der Waals surface area contributed by atoms with E-state index in [0.29, 0.717) is 11.5 Å². The molecule has 2 nitrogen and oxygen atoms in total. The molecule has 0 atom stereocenters. The van der Waals surface area contributed by atoms with Gasteiger partial charge in [-0.2, -0.15) is 0 Å². The summed E-state index contributed by atoms with van der Waals surface area (Å²) >= 11 is 0. The summed E-state index contributed by atoms with van der Waals surface area (Å²) in [6.07, 6.45) is 4.30. The Hall–Kier alpha value is -1.31. The van der Waals surface area contributed by atoms with E-state index in [-0.39, 0.29) is 0 Å². The molecule has 0 aliphatic carbocycles. The van der Waals surface area contributed by atoms with E-state index < -0.39 is 5.97 Å². The second kappa shape index (κ2) is 6.31. The second-order valence-electron chi connectivity index (χ2n) is 4.18. The Labute approximate surface area is 97.3 Å². The summed E-state index contributed by atoms with van der Waals surface area (Å²) < 4.78 is 0. The van der Waals surface area contributed by atoms with Gasteiger partial charge in [0.1, 0.15) is 0 Å². The monoisotopic (exact) mass is 220 g/mol. The van der Waals surface area contributed by atoms with Crippen LogP contribution in [0, 0.1) is 5.92 Å². The van der Waals surface area contributed by atoms with Crippen LogP contribution in [0.4, 0.5) is 0 Å². The molecule has 0 bridgehead atoms. The summed E-state index contributed by atoms with van der Waals surface area (Å²) in [5.74, 6) is -0.109. The molecule has 1 aromatic rings. The summed E-state index contributed by atoms with van der Waals surface area (Å²) in [7, 11) is 0. The predicted molar refractivity (Wildman–Crippen MR) is 65.8 cm³/mol. The molecule has 0 saturated heterocycles. The Morgan fingerprint density at radius 1 is 1.25 bits per heavy atom. The first-order valence-electron chi connectivity index (χ1n) is 6.00. The highest BCUT2D eigenvalue weighted by molar-refractivity contribution is 5.89. The normalized spacial score (nSPS) is 10.7. The van der Waals surface area contributed by atoms with E-state index in [1.54, 1.807) is 12.1 Å². The predicted octanol–water partition coefficient (Wildman–Crippen LogP) is 3.75. The molecule has 0 amide bonds. The molecule has 88 valence electrons. The van der Waals surface area contributed by atoms with Crippen molar-refractivity contribution in [1.82, 2.24) is 0 Å². The Morgan fingerprint density at radius 2 is 1.88 bits per heavy atom. The van der Waals surface area contributed by atoms with Gasteiger partial charge in [0.2, 0.25) is 0 Å². The lowest BCUT2D eigenvalue weighted by Gasteiger charge is -2.12. The molecule has 2 heteroatoms. The Morgan fingerprint density at radius 3 is 2.44 bits per heavy atom. The molecule has 0 spiro atoms. The highest BCUT2D eigenvalue weighted by Crippen LogP contribution is 2.18. The van der Waals surface area contributed by atoms with Gasteiger partial charge in [0.15, 0.2) is 0 Å². The summed E-state index contributed by atoms with van der Waals surface area (Å²) in [6, 6.07) is 7.30. The van der Waals surface area contributed by atoms with Crippen LogP contribution < -0.4 is 0 Å². The van der Waals surface area contributed by atoms with Crippen LogP contribution in [0.1, 0.15) is 49.0 Å². The van der Waals surface area contributed by atoms with Gasteiger partial charge in [0.25, 0.3) is 0 Å². The fraction of sp³-hybridized carbons (Fsp3) is 0.500. The maximum absolute atomic E-state index is 11.0. The third-order valence-electron chi connectivity index (χ3n) is 3.22.